The average Bonchev–Trinajstić information content (AvgIpc) is 2.84. The normalized spacial score (nSPS) is 23.8. The van der Waals surface area contributed by atoms with Gasteiger partial charge >= 0.3 is 5.97 Å². The van der Waals surface area contributed by atoms with Crippen LogP contribution in [0.2, 0.25) is 0 Å². The highest BCUT2D eigenvalue weighted by Crippen LogP contribution is 2.46. The van der Waals surface area contributed by atoms with Crippen LogP contribution >= 0.6 is 0 Å². The number of carbonyl (C=O) groups excluding carboxylic acids is 1. The number of carbonyl (C=O) groups is 1. The number of methoxy groups -OCH3 is 1. The van der Waals surface area contributed by atoms with Crippen molar-refractivity contribution >= 4 is 27.4 Å². The van der Waals surface area contributed by atoms with Crippen LogP contribution in [0, 0.1) is 11.2 Å². The van der Waals surface area contributed by atoms with Crippen LogP contribution in [0.4, 0.5) is 10.1 Å². The minimum atomic E-state index is -3.80. The van der Waals surface area contributed by atoms with Crippen molar-refractivity contribution in [1.82, 2.24) is 4.31 Å². The highest BCUT2D eigenvalue weighted by atomic mass is 32.2. The van der Waals surface area contributed by atoms with Gasteiger partial charge in [-0.05, 0) is 72.7 Å². The zero-order chi connectivity index (χ0) is 23.6. The van der Waals surface area contributed by atoms with Crippen LogP contribution in [0.1, 0.15) is 12.8 Å². The molecule has 0 amide bonds. The lowest BCUT2D eigenvalue weighted by Crippen LogP contribution is -2.53. The molecular formula is C24H24FN3O4S. The van der Waals surface area contributed by atoms with E-state index in [0.29, 0.717) is 23.4 Å². The topological polar surface area (TPSA) is 102 Å². The fourth-order valence-corrected chi connectivity index (χ4v) is 5.85. The Labute approximate surface area is 192 Å². The standard InChI is InChI=1S/C24H24FN3O4S/c1-32-23(29)24-14-17(15-26)22(27-20-9-7-19(25)8-10-20)13-18(24)11-12-28(16-24)33(30,31)21-5-3-2-4-6-21/h2-10,13,15H,11-12,14,16,26H2,1H3/b17-15-,27-22?/t24-/m0/s1. The third-order valence-electron chi connectivity index (χ3n) is 6.06. The van der Waals surface area contributed by atoms with Crippen molar-refractivity contribution in [1.29, 1.82) is 0 Å². The molecule has 1 saturated heterocycles. The van der Waals surface area contributed by atoms with Crippen LogP contribution < -0.4 is 5.73 Å². The number of halogens is 1. The van der Waals surface area contributed by atoms with E-state index in [1.807, 2.05) is 0 Å². The predicted molar refractivity (Wildman–Crippen MR) is 123 cm³/mol. The summed E-state index contributed by atoms with van der Waals surface area (Å²) in [6, 6.07) is 13.8. The molecule has 1 aliphatic heterocycles. The first-order valence-electron chi connectivity index (χ1n) is 10.4. The smallest absolute Gasteiger partial charge is 0.317 e. The van der Waals surface area contributed by atoms with Crippen LogP contribution in [0.3, 0.4) is 0 Å². The zero-order valence-corrected chi connectivity index (χ0v) is 18.9. The van der Waals surface area contributed by atoms with E-state index in [4.69, 9.17) is 10.5 Å². The molecule has 0 saturated carbocycles. The van der Waals surface area contributed by atoms with Gasteiger partial charge in [-0.25, -0.2) is 17.8 Å². The number of piperidine rings is 1. The lowest BCUT2D eigenvalue weighted by atomic mass is 9.67. The van der Waals surface area contributed by atoms with Crippen molar-refractivity contribution in [3.63, 3.8) is 0 Å². The second-order valence-electron chi connectivity index (χ2n) is 7.99. The summed E-state index contributed by atoms with van der Waals surface area (Å²) in [5.41, 5.74) is 7.09. The van der Waals surface area contributed by atoms with Crippen molar-refractivity contribution in [2.75, 3.05) is 20.2 Å². The molecule has 0 radical (unpaired) electrons. The van der Waals surface area contributed by atoms with E-state index in [-0.39, 0.29) is 30.2 Å². The second-order valence-corrected chi connectivity index (χ2v) is 9.92. The number of esters is 1. The Morgan fingerprint density at radius 2 is 1.88 bits per heavy atom. The van der Waals surface area contributed by atoms with E-state index in [0.717, 1.165) is 5.57 Å². The van der Waals surface area contributed by atoms with E-state index < -0.39 is 21.4 Å². The van der Waals surface area contributed by atoms with Gasteiger partial charge in [0, 0.05) is 13.1 Å². The van der Waals surface area contributed by atoms with Gasteiger partial charge in [0.2, 0.25) is 10.0 Å². The summed E-state index contributed by atoms with van der Waals surface area (Å²) in [6.45, 7) is 0.150. The summed E-state index contributed by atoms with van der Waals surface area (Å²) in [6.07, 6.45) is 3.62. The van der Waals surface area contributed by atoms with Gasteiger partial charge in [0.25, 0.3) is 0 Å². The molecule has 1 fully saturated rings. The number of hydrogen-bond acceptors (Lipinski definition) is 6. The Balaban J connectivity index is 1.76. The number of allylic oxidation sites excluding steroid dienone is 2. The van der Waals surface area contributed by atoms with Crippen molar-refractivity contribution in [2.45, 2.75) is 17.7 Å². The van der Waals surface area contributed by atoms with Crippen molar-refractivity contribution in [3.8, 4) is 0 Å². The number of nitrogens with two attached hydrogens (primary N) is 1. The molecule has 172 valence electrons. The first-order chi connectivity index (χ1) is 15.8. The predicted octanol–water partition coefficient (Wildman–Crippen LogP) is 3.32. The van der Waals surface area contributed by atoms with Gasteiger partial charge in [-0.1, -0.05) is 18.2 Å². The van der Waals surface area contributed by atoms with E-state index in [1.54, 1.807) is 36.4 Å². The van der Waals surface area contributed by atoms with E-state index in [1.165, 1.54) is 41.9 Å². The third-order valence-corrected chi connectivity index (χ3v) is 7.92. The van der Waals surface area contributed by atoms with E-state index >= 15 is 0 Å². The molecule has 1 heterocycles. The van der Waals surface area contributed by atoms with Gasteiger partial charge in [0.05, 0.1) is 23.4 Å². The number of benzene rings is 2. The zero-order valence-electron chi connectivity index (χ0n) is 18.1. The molecule has 2 N–H and O–H groups in total. The molecule has 7 nitrogen and oxygen atoms in total. The first-order valence-corrected chi connectivity index (χ1v) is 11.8. The van der Waals surface area contributed by atoms with Crippen LogP contribution in [0.15, 0.2) is 87.9 Å². The fraction of sp³-hybridized carbons (Fsp3) is 0.250. The summed E-state index contributed by atoms with van der Waals surface area (Å²) in [7, 11) is -2.52. The first kappa shape index (κ1) is 22.9. The summed E-state index contributed by atoms with van der Waals surface area (Å²) in [5.74, 6) is -0.894. The summed E-state index contributed by atoms with van der Waals surface area (Å²) < 4.78 is 46.2. The molecule has 0 aromatic heterocycles. The Hall–Kier alpha value is -3.30. The molecule has 2 aliphatic rings. The van der Waals surface area contributed by atoms with E-state index in [2.05, 4.69) is 4.99 Å². The van der Waals surface area contributed by atoms with E-state index in [9.17, 15) is 17.6 Å². The van der Waals surface area contributed by atoms with Crippen LogP contribution in [-0.2, 0) is 19.6 Å². The highest BCUT2D eigenvalue weighted by molar-refractivity contribution is 7.89. The summed E-state index contributed by atoms with van der Waals surface area (Å²) in [4.78, 5) is 17.8. The minimum Gasteiger partial charge on any atom is -0.468 e. The van der Waals surface area contributed by atoms with Gasteiger partial charge in [-0.2, -0.15) is 4.31 Å². The maximum atomic E-state index is 13.3. The van der Waals surface area contributed by atoms with Gasteiger partial charge in [-0.15, -0.1) is 0 Å². The quantitative estimate of drug-likeness (QED) is 0.692. The molecule has 0 unspecified atom stereocenters. The molecular weight excluding hydrogens is 445 g/mol. The number of rotatable bonds is 4. The van der Waals surface area contributed by atoms with Gasteiger partial charge in [-0.3, -0.25) is 4.79 Å². The molecule has 0 spiro atoms. The van der Waals surface area contributed by atoms with Crippen molar-refractivity contribution in [2.24, 2.45) is 16.1 Å². The molecule has 4 rings (SSSR count). The van der Waals surface area contributed by atoms with Crippen molar-refractivity contribution in [3.05, 3.63) is 83.8 Å². The molecule has 2 aromatic carbocycles. The molecule has 1 aliphatic carbocycles. The third kappa shape index (κ3) is 4.21. The number of ether oxygens (including phenoxy) is 1. The molecule has 1 atom stereocenters. The number of hydrogen-bond donors (Lipinski definition) is 1. The second kappa shape index (κ2) is 8.92. The van der Waals surface area contributed by atoms with Gasteiger partial charge in [0.1, 0.15) is 11.2 Å². The number of nitrogens with zero attached hydrogens (tertiary/aromatic N) is 2. The van der Waals surface area contributed by atoms with Gasteiger partial charge < -0.3 is 10.5 Å². The van der Waals surface area contributed by atoms with Gasteiger partial charge in [0.15, 0.2) is 0 Å². The number of fused-ring (bicyclic) bond motifs is 1. The highest BCUT2D eigenvalue weighted by Gasteiger charge is 2.52. The molecule has 33 heavy (non-hydrogen) atoms. The average molecular weight is 470 g/mol. The maximum absolute atomic E-state index is 13.3. The summed E-state index contributed by atoms with van der Waals surface area (Å²) >= 11 is 0. The van der Waals surface area contributed by atoms with Crippen LogP contribution in [-0.4, -0.2) is 44.6 Å². The molecule has 0 bridgehead atoms. The maximum Gasteiger partial charge on any atom is 0.317 e. The largest absolute Gasteiger partial charge is 0.468 e. The van der Waals surface area contributed by atoms with Crippen LogP contribution in [0.25, 0.3) is 0 Å². The summed E-state index contributed by atoms with van der Waals surface area (Å²) in [5, 5.41) is 0. The Kier molecular flexibility index (Phi) is 6.18. The lowest BCUT2D eigenvalue weighted by molar-refractivity contribution is -0.151. The Bertz CT molecular complexity index is 1250. The number of aliphatic imine (C=N–C) groups is 1. The van der Waals surface area contributed by atoms with Crippen molar-refractivity contribution < 1.29 is 22.3 Å². The molecule has 9 heteroatoms. The number of sulfonamides is 1. The minimum absolute atomic E-state index is 0.0656. The Morgan fingerprint density at radius 1 is 1.18 bits per heavy atom. The monoisotopic (exact) mass is 469 g/mol. The fourth-order valence-electron chi connectivity index (χ4n) is 4.33. The Morgan fingerprint density at radius 3 is 2.52 bits per heavy atom. The lowest BCUT2D eigenvalue weighted by Gasteiger charge is -2.44. The molecule has 2 aromatic rings. The van der Waals surface area contributed by atoms with Crippen LogP contribution in [0.5, 0.6) is 0 Å². The SMILES string of the molecule is COC(=O)[C@]12C/C(=C/N)C(=Nc3ccc(F)cc3)C=C1CCN(S(=O)(=O)c1ccccc1)C2.